The van der Waals surface area contributed by atoms with Crippen LogP contribution in [0.25, 0.3) is 0 Å². The number of carbonyl (C=O) groups excluding carboxylic acids is 1. The summed E-state index contributed by atoms with van der Waals surface area (Å²) in [7, 11) is 3.33. The minimum atomic E-state index is -0.134. The van der Waals surface area contributed by atoms with Gasteiger partial charge < -0.3 is 19.9 Å². The van der Waals surface area contributed by atoms with E-state index >= 15 is 0 Å². The molecule has 2 N–H and O–H groups in total. The van der Waals surface area contributed by atoms with Crippen molar-refractivity contribution in [2.45, 2.75) is 36.9 Å². The van der Waals surface area contributed by atoms with Gasteiger partial charge in [-0.15, -0.1) is 0 Å². The number of likely N-dealkylation sites (tertiary alicyclic amines) is 1. The molecule has 1 amide bonds. The first kappa shape index (κ1) is 23.0. The Morgan fingerprint density at radius 1 is 1.19 bits per heavy atom. The molecule has 2 aromatic rings. The summed E-state index contributed by atoms with van der Waals surface area (Å²) in [6.07, 6.45) is 3.70. The van der Waals surface area contributed by atoms with Crippen LogP contribution in [0.5, 0.6) is 11.5 Å². The number of carbonyl (C=O) groups is 1. The van der Waals surface area contributed by atoms with Crippen LogP contribution in [0.3, 0.4) is 0 Å². The monoisotopic (exact) mass is 456 g/mol. The van der Waals surface area contributed by atoms with Crippen LogP contribution in [0.2, 0.25) is 0 Å². The molecule has 1 spiro atoms. The molecule has 2 aromatic carbocycles. The van der Waals surface area contributed by atoms with Crippen LogP contribution < -0.4 is 10.1 Å². The maximum absolute atomic E-state index is 12.5. The number of aromatic hydroxyl groups is 1. The van der Waals surface area contributed by atoms with Crippen LogP contribution >= 0.6 is 11.8 Å². The van der Waals surface area contributed by atoms with E-state index in [2.05, 4.69) is 28.4 Å². The van der Waals surface area contributed by atoms with Crippen LogP contribution in [0.1, 0.15) is 35.6 Å². The highest BCUT2D eigenvalue weighted by molar-refractivity contribution is 7.99. The number of thioether (sulfide) groups is 1. The summed E-state index contributed by atoms with van der Waals surface area (Å²) in [4.78, 5) is 14.8. The summed E-state index contributed by atoms with van der Waals surface area (Å²) >= 11 is 1.53. The van der Waals surface area contributed by atoms with Gasteiger partial charge in [0.05, 0.1) is 25.0 Å². The van der Waals surface area contributed by atoms with Gasteiger partial charge in [-0.2, -0.15) is 11.8 Å². The molecule has 2 aliphatic rings. The summed E-state index contributed by atoms with van der Waals surface area (Å²) in [6.45, 7) is 2.44. The molecular formula is C25H32N2O4S. The molecule has 0 aromatic heterocycles. The Hall–Kier alpha value is -2.22. The molecule has 32 heavy (non-hydrogen) atoms. The Labute approximate surface area is 194 Å². The van der Waals surface area contributed by atoms with E-state index in [0.717, 1.165) is 31.5 Å². The lowest BCUT2D eigenvalue weighted by atomic mass is 9.72. The van der Waals surface area contributed by atoms with Gasteiger partial charge in [0.25, 0.3) is 0 Å². The predicted molar refractivity (Wildman–Crippen MR) is 127 cm³/mol. The quantitative estimate of drug-likeness (QED) is 0.665. The third kappa shape index (κ3) is 4.09. The van der Waals surface area contributed by atoms with E-state index in [1.807, 2.05) is 24.5 Å². The van der Waals surface area contributed by atoms with Gasteiger partial charge in [0.1, 0.15) is 0 Å². The fourth-order valence-corrected chi connectivity index (χ4v) is 5.83. The molecule has 172 valence electrons. The summed E-state index contributed by atoms with van der Waals surface area (Å²) in [5, 5.41) is 13.7. The molecule has 1 fully saturated rings. The number of nitrogens with zero attached hydrogens (tertiary/aromatic N) is 1. The number of nitrogens with one attached hydrogen (secondary N) is 1. The van der Waals surface area contributed by atoms with Crippen LogP contribution in [-0.4, -0.2) is 61.3 Å². The smallest absolute Gasteiger partial charge is 0.230 e. The first-order valence-corrected chi connectivity index (χ1v) is 12.4. The maximum Gasteiger partial charge on any atom is 0.230 e. The van der Waals surface area contributed by atoms with E-state index in [1.54, 1.807) is 20.3 Å². The third-order valence-corrected chi connectivity index (χ3v) is 7.52. The Morgan fingerprint density at radius 3 is 2.62 bits per heavy atom. The SMILES string of the molecule is COc1cccc(CN2CCC3(CC2)c2ccccc2[C@@H](NC(=O)CSC)[C@@H]3OC)c1O. The minimum absolute atomic E-state index is 0.0438. The van der Waals surface area contributed by atoms with Crippen molar-refractivity contribution in [3.63, 3.8) is 0 Å². The van der Waals surface area contributed by atoms with Crippen molar-refractivity contribution in [1.82, 2.24) is 10.2 Å². The number of hydrogen-bond donors (Lipinski definition) is 2. The van der Waals surface area contributed by atoms with E-state index in [1.165, 1.54) is 22.9 Å². The number of rotatable bonds is 7. The topological polar surface area (TPSA) is 71.0 Å². The zero-order chi connectivity index (χ0) is 22.7. The van der Waals surface area contributed by atoms with Gasteiger partial charge in [0.15, 0.2) is 11.5 Å². The van der Waals surface area contributed by atoms with E-state index in [9.17, 15) is 9.90 Å². The molecule has 7 heteroatoms. The molecule has 0 radical (unpaired) electrons. The van der Waals surface area contributed by atoms with Crippen LogP contribution in [0.4, 0.5) is 0 Å². The van der Waals surface area contributed by atoms with Gasteiger partial charge in [-0.25, -0.2) is 0 Å². The van der Waals surface area contributed by atoms with Gasteiger partial charge in [-0.1, -0.05) is 36.4 Å². The number of benzene rings is 2. The second kappa shape index (κ2) is 9.73. The minimum Gasteiger partial charge on any atom is -0.504 e. The molecular weight excluding hydrogens is 424 g/mol. The lowest BCUT2D eigenvalue weighted by Crippen LogP contribution is -2.50. The molecule has 0 unspecified atom stereocenters. The first-order chi connectivity index (χ1) is 15.5. The Bertz CT molecular complexity index is 959. The summed E-state index contributed by atoms with van der Waals surface area (Å²) < 4.78 is 11.3. The molecule has 0 bridgehead atoms. The average Bonchev–Trinajstić information content (AvgIpc) is 3.05. The highest BCUT2D eigenvalue weighted by Crippen LogP contribution is 2.52. The van der Waals surface area contributed by atoms with Gasteiger partial charge >= 0.3 is 0 Å². The molecule has 0 saturated carbocycles. The van der Waals surface area contributed by atoms with Crippen LogP contribution in [0, 0.1) is 0 Å². The van der Waals surface area contributed by atoms with Crippen molar-refractivity contribution >= 4 is 17.7 Å². The van der Waals surface area contributed by atoms with Crippen LogP contribution in [-0.2, 0) is 21.5 Å². The van der Waals surface area contributed by atoms with Crippen molar-refractivity contribution < 1.29 is 19.4 Å². The predicted octanol–water partition coefficient (Wildman–Crippen LogP) is 3.48. The van der Waals surface area contributed by atoms with Gasteiger partial charge in [-0.3, -0.25) is 9.69 Å². The number of amides is 1. The number of ether oxygens (including phenoxy) is 2. The number of piperidine rings is 1. The number of para-hydroxylation sites is 1. The molecule has 1 saturated heterocycles. The zero-order valence-corrected chi connectivity index (χ0v) is 19.8. The Kier molecular flexibility index (Phi) is 6.98. The van der Waals surface area contributed by atoms with Crippen LogP contribution in [0.15, 0.2) is 42.5 Å². The number of hydrogen-bond acceptors (Lipinski definition) is 6. The van der Waals surface area contributed by atoms with Crippen molar-refractivity contribution in [1.29, 1.82) is 0 Å². The molecule has 1 heterocycles. The van der Waals surface area contributed by atoms with Crippen molar-refractivity contribution in [3.05, 3.63) is 59.2 Å². The molecule has 6 nitrogen and oxygen atoms in total. The molecule has 2 atom stereocenters. The van der Waals surface area contributed by atoms with Gasteiger partial charge in [0.2, 0.25) is 5.91 Å². The second-order valence-electron chi connectivity index (χ2n) is 8.62. The normalized spacial score (nSPS) is 22.0. The lowest BCUT2D eigenvalue weighted by Gasteiger charge is -2.44. The van der Waals surface area contributed by atoms with E-state index in [-0.39, 0.29) is 29.2 Å². The number of methoxy groups -OCH3 is 2. The fourth-order valence-electron chi connectivity index (χ4n) is 5.48. The highest BCUT2D eigenvalue weighted by atomic mass is 32.2. The Balaban J connectivity index is 1.55. The number of phenols is 1. The van der Waals surface area contributed by atoms with Crippen molar-refractivity contribution in [2.24, 2.45) is 0 Å². The Morgan fingerprint density at radius 2 is 1.94 bits per heavy atom. The van der Waals surface area contributed by atoms with E-state index in [0.29, 0.717) is 18.0 Å². The zero-order valence-electron chi connectivity index (χ0n) is 19.0. The standard InChI is InChI=1S/C25H32N2O4S/c1-30-20-10-6-7-17(23(20)29)15-27-13-11-25(12-14-27)19-9-5-4-8-18(19)22(24(25)31-2)26-21(28)16-32-3/h4-10,22,24,29H,11-16H2,1-3H3,(H,26,28)/t22-,24+/m1/s1. The summed E-state index contributed by atoms with van der Waals surface area (Å²) in [5.41, 5.74) is 3.21. The highest BCUT2D eigenvalue weighted by Gasteiger charge is 2.53. The third-order valence-electron chi connectivity index (χ3n) is 6.97. The van der Waals surface area contributed by atoms with E-state index in [4.69, 9.17) is 9.47 Å². The fraction of sp³-hybridized carbons (Fsp3) is 0.480. The lowest BCUT2D eigenvalue weighted by molar-refractivity contribution is -0.121. The van der Waals surface area contributed by atoms with Crippen molar-refractivity contribution in [3.8, 4) is 11.5 Å². The largest absolute Gasteiger partial charge is 0.504 e. The van der Waals surface area contributed by atoms with Gasteiger partial charge in [-0.05, 0) is 49.4 Å². The number of phenolic OH excluding ortho intramolecular Hbond substituents is 1. The van der Waals surface area contributed by atoms with E-state index < -0.39 is 0 Å². The number of fused-ring (bicyclic) bond motifs is 2. The average molecular weight is 457 g/mol. The first-order valence-electron chi connectivity index (χ1n) is 11.0. The van der Waals surface area contributed by atoms with Gasteiger partial charge in [0, 0.05) is 24.6 Å². The summed E-state index contributed by atoms with van der Waals surface area (Å²) in [6, 6.07) is 13.9. The molecule has 4 rings (SSSR count). The second-order valence-corrected chi connectivity index (χ2v) is 9.49. The molecule has 1 aliphatic heterocycles. The maximum atomic E-state index is 12.5. The summed E-state index contributed by atoms with van der Waals surface area (Å²) in [5.74, 6) is 1.21. The molecule has 1 aliphatic carbocycles. The van der Waals surface area contributed by atoms with Crippen molar-refractivity contribution in [2.75, 3.05) is 39.3 Å².